The van der Waals surface area contributed by atoms with Crippen LogP contribution in [0.25, 0.3) is 0 Å². The Kier molecular flexibility index (Phi) is 8.00. The van der Waals surface area contributed by atoms with E-state index in [1.54, 1.807) is 90.6 Å². The number of aryl methyl sites for hydroxylation is 1. The third-order valence-electron chi connectivity index (χ3n) is 7.01. The smallest absolute Gasteiger partial charge is 0.272 e. The van der Waals surface area contributed by atoms with Gasteiger partial charge < -0.3 is 25.2 Å². The van der Waals surface area contributed by atoms with E-state index in [9.17, 15) is 19.5 Å². The summed E-state index contributed by atoms with van der Waals surface area (Å²) in [6.07, 6.45) is 2.94. The first kappa shape index (κ1) is 27.2. The molecule has 3 N–H and O–H groups in total. The van der Waals surface area contributed by atoms with Crippen LogP contribution in [0.15, 0.2) is 85.1 Å². The van der Waals surface area contributed by atoms with E-state index in [1.807, 2.05) is 6.07 Å². The molecule has 1 saturated heterocycles. The number of aliphatic hydroxyl groups excluding tert-OH is 1. The van der Waals surface area contributed by atoms with Crippen molar-refractivity contribution in [2.75, 3.05) is 28.6 Å². The van der Waals surface area contributed by atoms with Crippen molar-refractivity contribution in [3.8, 4) is 0 Å². The van der Waals surface area contributed by atoms with Crippen molar-refractivity contribution in [1.29, 1.82) is 0 Å². The number of rotatable bonds is 7. The molecule has 9 heteroatoms. The van der Waals surface area contributed by atoms with E-state index in [0.29, 0.717) is 51.6 Å². The van der Waals surface area contributed by atoms with Gasteiger partial charge in [-0.25, -0.2) is 0 Å². The summed E-state index contributed by atoms with van der Waals surface area (Å²) in [6, 6.07) is 22.2. The number of nitrogens with one attached hydrogen (secondary N) is 2. The third kappa shape index (κ3) is 6.09. The third-order valence-corrected chi connectivity index (χ3v) is 7.33. The van der Waals surface area contributed by atoms with Crippen LogP contribution in [0.5, 0.6) is 0 Å². The monoisotopic (exact) mass is 556 g/mol. The predicted molar refractivity (Wildman–Crippen MR) is 157 cm³/mol. The largest absolute Gasteiger partial charge is 0.393 e. The summed E-state index contributed by atoms with van der Waals surface area (Å²) in [5.41, 5.74) is 3.86. The average Bonchev–Trinajstić information content (AvgIpc) is 3.39. The molecule has 1 aromatic heterocycles. The Morgan fingerprint density at radius 2 is 1.40 bits per heavy atom. The van der Waals surface area contributed by atoms with Gasteiger partial charge in [-0.2, -0.15) is 0 Å². The molecule has 0 unspecified atom stereocenters. The number of halogens is 1. The number of amides is 2. The fourth-order valence-corrected chi connectivity index (χ4v) is 4.94. The summed E-state index contributed by atoms with van der Waals surface area (Å²) in [6.45, 7) is 1.48. The van der Waals surface area contributed by atoms with E-state index in [-0.39, 0.29) is 23.7 Å². The van der Waals surface area contributed by atoms with E-state index in [4.69, 9.17) is 11.6 Å². The number of nitrogens with zero attached hydrogens (tertiary/aromatic N) is 2. The van der Waals surface area contributed by atoms with Gasteiger partial charge in [0, 0.05) is 54.5 Å². The first-order valence-electron chi connectivity index (χ1n) is 13.0. The lowest BCUT2D eigenvalue weighted by atomic mass is 10.0. The topological polar surface area (TPSA) is 104 Å². The van der Waals surface area contributed by atoms with E-state index in [2.05, 4.69) is 15.5 Å². The predicted octanol–water partition coefficient (Wildman–Crippen LogP) is 5.38. The molecular weight excluding hydrogens is 528 g/mol. The maximum absolute atomic E-state index is 13.0. The zero-order valence-corrected chi connectivity index (χ0v) is 22.7. The minimum Gasteiger partial charge on any atom is -0.393 e. The maximum Gasteiger partial charge on any atom is 0.272 e. The molecule has 0 aliphatic carbocycles. The molecule has 1 aliphatic heterocycles. The molecule has 0 spiro atoms. The van der Waals surface area contributed by atoms with Gasteiger partial charge in [0.15, 0.2) is 5.78 Å². The summed E-state index contributed by atoms with van der Waals surface area (Å²) in [5, 5.41) is 15.7. The van der Waals surface area contributed by atoms with Crippen molar-refractivity contribution < 1.29 is 19.5 Å². The Morgan fingerprint density at radius 3 is 1.93 bits per heavy atom. The second-order valence-corrected chi connectivity index (χ2v) is 10.2. The molecule has 0 atom stereocenters. The van der Waals surface area contributed by atoms with Crippen LogP contribution in [-0.2, 0) is 7.05 Å². The number of carbonyl (C=O) groups excluding carboxylic acids is 3. The minimum atomic E-state index is -0.349. The van der Waals surface area contributed by atoms with Crippen molar-refractivity contribution in [1.82, 2.24) is 4.57 Å². The van der Waals surface area contributed by atoms with Gasteiger partial charge >= 0.3 is 0 Å². The van der Waals surface area contributed by atoms with Gasteiger partial charge in [0.05, 0.1) is 16.7 Å². The number of carbonyl (C=O) groups is 3. The normalized spacial score (nSPS) is 13.6. The lowest BCUT2D eigenvalue weighted by molar-refractivity contribution is 0.101. The lowest BCUT2D eigenvalue weighted by Gasteiger charge is -2.31. The Hall–Kier alpha value is -4.40. The Bertz CT molecular complexity index is 1540. The number of anilines is 3. The SMILES string of the molecule is Cn1cccc1C(=O)Nc1ccc(C(=O)c2ccc(NC(=O)c3ccc(N4CCC(O)CC4)cc3Cl)cc2)cc1. The molecule has 5 rings (SSSR count). The van der Waals surface area contributed by atoms with Gasteiger partial charge in [-0.3, -0.25) is 14.4 Å². The fraction of sp³-hybridized carbons (Fsp3) is 0.194. The Balaban J connectivity index is 1.19. The zero-order chi connectivity index (χ0) is 28.2. The van der Waals surface area contributed by atoms with Gasteiger partial charge in [0.1, 0.15) is 5.69 Å². The van der Waals surface area contributed by atoms with E-state index < -0.39 is 0 Å². The standard InChI is InChI=1S/C31H29ClN4O4/c1-35-16-2-3-28(35)31(40)34-23-10-6-21(7-11-23)29(38)20-4-8-22(9-5-20)33-30(39)26-13-12-24(19-27(26)32)36-17-14-25(37)15-18-36/h2-13,16,19,25,37H,14-15,17-18H2,1H3,(H,33,39)(H,34,40). The molecule has 3 aromatic carbocycles. The lowest BCUT2D eigenvalue weighted by Crippen LogP contribution is -2.35. The minimum absolute atomic E-state index is 0.179. The molecular formula is C31H29ClN4O4. The number of hydrogen-bond donors (Lipinski definition) is 3. The highest BCUT2D eigenvalue weighted by Crippen LogP contribution is 2.27. The molecule has 1 aliphatic rings. The molecule has 8 nitrogen and oxygen atoms in total. The molecule has 0 saturated carbocycles. The van der Waals surface area contributed by atoms with Crippen molar-refractivity contribution >= 4 is 46.3 Å². The molecule has 0 bridgehead atoms. The maximum atomic E-state index is 13.0. The van der Waals surface area contributed by atoms with Gasteiger partial charge in [-0.15, -0.1) is 0 Å². The van der Waals surface area contributed by atoms with Crippen LogP contribution in [-0.4, -0.2) is 46.5 Å². The van der Waals surface area contributed by atoms with Gasteiger partial charge in [-0.1, -0.05) is 11.6 Å². The number of hydrogen-bond acceptors (Lipinski definition) is 5. The molecule has 204 valence electrons. The van der Waals surface area contributed by atoms with Crippen LogP contribution < -0.4 is 15.5 Å². The second-order valence-electron chi connectivity index (χ2n) is 9.78. The van der Waals surface area contributed by atoms with Crippen LogP contribution in [0.2, 0.25) is 5.02 Å². The van der Waals surface area contributed by atoms with E-state index >= 15 is 0 Å². The van der Waals surface area contributed by atoms with Gasteiger partial charge in [-0.05, 0) is 91.7 Å². The summed E-state index contributed by atoms with van der Waals surface area (Å²) in [4.78, 5) is 40.4. The van der Waals surface area contributed by atoms with Crippen LogP contribution in [0, 0.1) is 0 Å². The van der Waals surface area contributed by atoms with Crippen LogP contribution in [0.3, 0.4) is 0 Å². The van der Waals surface area contributed by atoms with Crippen molar-refractivity contribution in [3.63, 3.8) is 0 Å². The highest BCUT2D eigenvalue weighted by molar-refractivity contribution is 6.34. The fourth-order valence-electron chi connectivity index (χ4n) is 4.68. The zero-order valence-electron chi connectivity index (χ0n) is 21.9. The molecule has 4 aromatic rings. The van der Waals surface area contributed by atoms with Crippen molar-refractivity contribution in [2.45, 2.75) is 18.9 Å². The van der Waals surface area contributed by atoms with Crippen LogP contribution in [0.4, 0.5) is 17.1 Å². The number of aliphatic hydroxyl groups is 1. The van der Waals surface area contributed by atoms with Crippen molar-refractivity contribution in [3.05, 3.63) is 112 Å². The molecule has 0 radical (unpaired) electrons. The molecule has 2 amide bonds. The second kappa shape index (κ2) is 11.8. The highest BCUT2D eigenvalue weighted by Gasteiger charge is 2.19. The van der Waals surface area contributed by atoms with Crippen LogP contribution >= 0.6 is 11.6 Å². The Morgan fingerprint density at radius 1 is 0.825 bits per heavy atom. The molecule has 2 heterocycles. The summed E-state index contributed by atoms with van der Waals surface area (Å²) in [7, 11) is 1.80. The highest BCUT2D eigenvalue weighted by atomic mass is 35.5. The van der Waals surface area contributed by atoms with Gasteiger partial charge in [0.2, 0.25) is 0 Å². The number of benzene rings is 3. The van der Waals surface area contributed by atoms with E-state index in [0.717, 1.165) is 18.8 Å². The summed E-state index contributed by atoms with van der Waals surface area (Å²) < 4.78 is 1.73. The summed E-state index contributed by atoms with van der Waals surface area (Å²) >= 11 is 6.44. The number of ketones is 1. The number of aromatic nitrogens is 1. The first-order chi connectivity index (χ1) is 19.3. The van der Waals surface area contributed by atoms with Gasteiger partial charge in [0.25, 0.3) is 11.8 Å². The van der Waals surface area contributed by atoms with Crippen LogP contribution in [0.1, 0.15) is 49.6 Å². The quantitative estimate of drug-likeness (QED) is 0.265. The Labute approximate surface area is 237 Å². The average molecular weight is 557 g/mol. The molecule has 1 fully saturated rings. The first-order valence-corrected chi connectivity index (χ1v) is 13.4. The number of piperidine rings is 1. The molecule has 40 heavy (non-hydrogen) atoms. The summed E-state index contributed by atoms with van der Waals surface area (Å²) in [5.74, 6) is -0.760. The van der Waals surface area contributed by atoms with Crippen molar-refractivity contribution in [2.24, 2.45) is 7.05 Å². The van der Waals surface area contributed by atoms with E-state index in [1.165, 1.54) is 0 Å².